The van der Waals surface area contributed by atoms with Crippen LogP contribution < -0.4 is 20.9 Å². The van der Waals surface area contributed by atoms with E-state index in [1.54, 1.807) is 35.8 Å². The number of amides is 4. The van der Waals surface area contributed by atoms with Gasteiger partial charge in [-0.15, -0.1) is 11.3 Å². The third kappa shape index (κ3) is 4.47. The summed E-state index contributed by atoms with van der Waals surface area (Å²) in [7, 11) is 0. The van der Waals surface area contributed by atoms with Crippen LogP contribution in [0.1, 0.15) is 5.56 Å². The number of aromatic nitrogens is 1. The highest BCUT2D eigenvalue weighted by molar-refractivity contribution is 7.13. The van der Waals surface area contributed by atoms with E-state index >= 15 is 0 Å². The first-order chi connectivity index (χ1) is 14.6. The maximum Gasteiger partial charge on any atom is 0.323 e. The summed E-state index contributed by atoms with van der Waals surface area (Å²) in [6, 6.07) is 15.1. The molecule has 0 aliphatic carbocycles. The molecule has 3 aromatic rings. The SMILES string of the molecule is O=C1CN(C(=O)NC(Cc2ccccc2)C(=O)Nc2nccs2)c2ccccc2N1. The molecule has 2 aromatic carbocycles. The Balaban J connectivity index is 1.55. The highest BCUT2D eigenvalue weighted by Gasteiger charge is 2.30. The maximum atomic E-state index is 13.1. The summed E-state index contributed by atoms with van der Waals surface area (Å²) in [6.45, 7) is -0.130. The van der Waals surface area contributed by atoms with Crippen molar-refractivity contribution in [3.63, 3.8) is 0 Å². The van der Waals surface area contributed by atoms with E-state index in [-0.39, 0.29) is 18.4 Å². The van der Waals surface area contributed by atoms with Crippen LogP contribution in [0.3, 0.4) is 0 Å². The zero-order valence-electron chi connectivity index (χ0n) is 15.9. The number of urea groups is 1. The molecule has 3 N–H and O–H groups in total. The average Bonchev–Trinajstić information content (AvgIpc) is 3.26. The highest BCUT2D eigenvalue weighted by atomic mass is 32.1. The number of anilines is 3. The van der Waals surface area contributed by atoms with Gasteiger partial charge in [0.1, 0.15) is 12.6 Å². The lowest BCUT2D eigenvalue weighted by molar-refractivity contribution is -0.118. The van der Waals surface area contributed by atoms with E-state index < -0.39 is 12.1 Å². The number of thiazole rings is 1. The third-order valence-electron chi connectivity index (χ3n) is 4.58. The van der Waals surface area contributed by atoms with Crippen molar-refractivity contribution in [1.82, 2.24) is 10.3 Å². The fourth-order valence-electron chi connectivity index (χ4n) is 3.18. The smallest absolute Gasteiger partial charge is 0.323 e. The molecule has 0 saturated carbocycles. The van der Waals surface area contributed by atoms with E-state index in [0.29, 0.717) is 22.9 Å². The monoisotopic (exact) mass is 421 g/mol. The average molecular weight is 421 g/mol. The Hall–Kier alpha value is -3.72. The van der Waals surface area contributed by atoms with Gasteiger partial charge in [-0.3, -0.25) is 14.5 Å². The molecule has 1 aliphatic rings. The molecule has 152 valence electrons. The molecule has 0 radical (unpaired) electrons. The molecule has 30 heavy (non-hydrogen) atoms. The van der Waals surface area contributed by atoms with Crippen molar-refractivity contribution in [2.24, 2.45) is 0 Å². The molecule has 1 aromatic heterocycles. The van der Waals surface area contributed by atoms with Crippen LogP contribution in [0.4, 0.5) is 21.3 Å². The molecule has 4 rings (SSSR count). The number of nitrogens with one attached hydrogen (secondary N) is 3. The quantitative estimate of drug-likeness (QED) is 0.589. The standard InChI is InChI=1S/C21H19N5O3S/c27-18-13-26(17-9-5-4-8-15(17)23-18)21(29)24-16(12-14-6-2-1-3-7-14)19(28)25-20-22-10-11-30-20/h1-11,16H,12-13H2,(H,23,27)(H,24,29)(H,22,25,28). The van der Waals surface area contributed by atoms with Crippen LogP contribution >= 0.6 is 11.3 Å². The van der Waals surface area contributed by atoms with E-state index in [0.717, 1.165) is 5.56 Å². The highest BCUT2D eigenvalue weighted by Crippen LogP contribution is 2.28. The van der Waals surface area contributed by atoms with Crippen LogP contribution in [-0.4, -0.2) is 35.4 Å². The molecule has 1 unspecified atom stereocenters. The Morgan fingerprint density at radius 3 is 2.67 bits per heavy atom. The van der Waals surface area contributed by atoms with Gasteiger partial charge in [-0.1, -0.05) is 42.5 Å². The summed E-state index contributed by atoms with van der Waals surface area (Å²) >= 11 is 1.29. The minimum Gasteiger partial charge on any atom is -0.326 e. The summed E-state index contributed by atoms with van der Waals surface area (Å²) in [5, 5.41) is 10.5. The van der Waals surface area contributed by atoms with Crippen LogP contribution in [0.15, 0.2) is 66.2 Å². The minimum absolute atomic E-state index is 0.130. The number of nitrogens with zero attached hydrogens (tertiary/aromatic N) is 2. The van der Waals surface area contributed by atoms with E-state index in [2.05, 4.69) is 20.9 Å². The van der Waals surface area contributed by atoms with Gasteiger partial charge in [0, 0.05) is 18.0 Å². The minimum atomic E-state index is -0.846. The van der Waals surface area contributed by atoms with Crippen molar-refractivity contribution in [3.8, 4) is 0 Å². The molecule has 9 heteroatoms. The second-order valence-electron chi connectivity index (χ2n) is 6.67. The maximum absolute atomic E-state index is 13.1. The van der Waals surface area contributed by atoms with Gasteiger partial charge in [0.15, 0.2) is 5.13 Å². The van der Waals surface area contributed by atoms with E-state index in [1.807, 2.05) is 30.3 Å². The molecular weight excluding hydrogens is 402 g/mol. The second kappa shape index (κ2) is 8.75. The van der Waals surface area contributed by atoms with Gasteiger partial charge in [0.05, 0.1) is 11.4 Å². The van der Waals surface area contributed by atoms with E-state index in [1.165, 1.54) is 16.2 Å². The number of rotatable bonds is 5. The summed E-state index contributed by atoms with van der Waals surface area (Å²) in [6.07, 6.45) is 1.89. The summed E-state index contributed by atoms with van der Waals surface area (Å²) in [5.74, 6) is -0.674. The van der Waals surface area contributed by atoms with E-state index in [9.17, 15) is 14.4 Å². The number of benzene rings is 2. The first-order valence-electron chi connectivity index (χ1n) is 9.31. The molecule has 1 aliphatic heterocycles. The summed E-state index contributed by atoms with van der Waals surface area (Å²) in [5.41, 5.74) is 2.03. The van der Waals surface area contributed by atoms with Crippen LogP contribution in [0.25, 0.3) is 0 Å². The lowest BCUT2D eigenvalue weighted by Crippen LogP contribution is -2.53. The van der Waals surface area contributed by atoms with E-state index in [4.69, 9.17) is 0 Å². The second-order valence-corrected chi connectivity index (χ2v) is 7.56. The van der Waals surface area contributed by atoms with Gasteiger partial charge in [-0.05, 0) is 17.7 Å². The molecule has 0 saturated heterocycles. The van der Waals surface area contributed by atoms with Gasteiger partial charge in [-0.25, -0.2) is 9.78 Å². The summed E-state index contributed by atoms with van der Waals surface area (Å²) < 4.78 is 0. The fourth-order valence-corrected chi connectivity index (χ4v) is 3.71. The lowest BCUT2D eigenvalue weighted by Gasteiger charge is -2.30. The molecule has 0 spiro atoms. The van der Waals surface area contributed by atoms with Gasteiger partial charge in [-0.2, -0.15) is 0 Å². The number of hydrogen-bond donors (Lipinski definition) is 3. The molecule has 8 nitrogen and oxygen atoms in total. The Kier molecular flexibility index (Phi) is 5.71. The van der Waals surface area contributed by atoms with Crippen molar-refractivity contribution >= 4 is 45.7 Å². The number of hydrogen-bond acceptors (Lipinski definition) is 5. The summed E-state index contributed by atoms with van der Waals surface area (Å²) in [4.78, 5) is 43.4. The zero-order valence-corrected chi connectivity index (χ0v) is 16.7. The fraction of sp³-hybridized carbons (Fsp3) is 0.143. The Morgan fingerprint density at radius 1 is 1.13 bits per heavy atom. The molecule has 0 bridgehead atoms. The molecule has 2 heterocycles. The molecule has 1 atom stereocenters. The topological polar surface area (TPSA) is 103 Å². The van der Waals surface area contributed by atoms with Crippen LogP contribution in [0.2, 0.25) is 0 Å². The van der Waals surface area contributed by atoms with Gasteiger partial charge in [0.25, 0.3) is 0 Å². The molecule has 0 fully saturated rings. The Labute approximate surface area is 176 Å². The third-order valence-corrected chi connectivity index (χ3v) is 5.26. The lowest BCUT2D eigenvalue weighted by atomic mass is 10.1. The number of para-hydroxylation sites is 2. The number of carbonyl (C=O) groups is 3. The van der Waals surface area contributed by atoms with Crippen LogP contribution in [0.5, 0.6) is 0 Å². The first-order valence-corrected chi connectivity index (χ1v) is 10.2. The van der Waals surface area contributed by atoms with Gasteiger partial charge >= 0.3 is 6.03 Å². The molecule has 4 amide bonds. The Morgan fingerprint density at radius 2 is 1.90 bits per heavy atom. The number of carbonyl (C=O) groups excluding carboxylic acids is 3. The van der Waals surface area contributed by atoms with Crippen molar-refractivity contribution in [2.75, 3.05) is 22.1 Å². The van der Waals surface area contributed by atoms with Crippen molar-refractivity contribution in [3.05, 3.63) is 71.7 Å². The Bertz CT molecular complexity index is 1060. The number of fused-ring (bicyclic) bond motifs is 1. The zero-order chi connectivity index (χ0) is 20.9. The van der Waals surface area contributed by atoms with Gasteiger partial charge in [0.2, 0.25) is 11.8 Å². The van der Waals surface area contributed by atoms with Crippen molar-refractivity contribution in [2.45, 2.75) is 12.5 Å². The molecular formula is C21H19N5O3S. The van der Waals surface area contributed by atoms with Gasteiger partial charge < -0.3 is 16.0 Å². The largest absolute Gasteiger partial charge is 0.326 e. The van der Waals surface area contributed by atoms with Crippen LogP contribution in [-0.2, 0) is 16.0 Å². The van der Waals surface area contributed by atoms with Crippen molar-refractivity contribution in [1.29, 1.82) is 0 Å². The van der Waals surface area contributed by atoms with Crippen LogP contribution in [0, 0.1) is 0 Å². The first kappa shape index (κ1) is 19.6. The predicted molar refractivity (Wildman–Crippen MR) is 116 cm³/mol. The predicted octanol–water partition coefficient (Wildman–Crippen LogP) is 2.86. The van der Waals surface area contributed by atoms with Crippen molar-refractivity contribution < 1.29 is 14.4 Å². The normalized spacial score (nSPS) is 13.7.